The molecule has 0 saturated heterocycles. The van der Waals surface area contributed by atoms with Gasteiger partial charge in [-0.1, -0.05) is 55.4 Å². The second kappa shape index (κ2) is 9.37. The molecule has 0 fully saturated rings. The number of nitrogens with zero attached hydrogens (tertiary/aromatic N) is 3. The predicted molar refractivity (Wildman–Crippen MR) is 111 cm³/mol. The van der Waals surface area contributed by atoms with Crippen LogP contribution in [0.1, 0.15) is 31.2 Å². The Balaban J connectivity index is 1.59. The molecule has 1 amide bonds. The minimum absolute atomic E-state index is 0.0541. The van der Waals surface area contributed by atoms with E-state index in [0.29, 0.717) is 5.16 Å². The standard InChI is InChI=1S/C21H24N4OS/c1-3-4-8-17-11-13-18(14-12-17)22-20(26)15-27-21-24-23-16(2)25(21)19-9-6-5-7-10-19/h5-7,9-14H,3-4,8,15H2,1-2H3,(H,22,26). The van der Waals surface area contributed by atoms with E-state index in [1.165, 1.54) is 30.2 Å². The Kier molecular flexibility index (Phi) is 6.65. The second-order valence-corrected chi connectivity index (χ2v) is 7.28. The first-order valence-corrected chi connectivity index (χ1v) is 10.1. The van der Waals surface area contributed by atoms with Crippen LogP contribution < -0.4 is 5.32 Å². The number of aromatic nitrogens is 3. The molecule has 1 heterocycles. The molecule has 0 aliphatic rings. The molecule has 3 rings (SSSR count). The molecule has 0 atom stereocenters. The summed E-state index contributed by atoms with van der Waals surface area (Å²) in [6.07, 6.45) is 3.45. The Hall–Kier alpha value is -2.60. The average Bonchev–Trinajstić information content (AvgIpc) is 3.07. The summed E-state index contributed by atoms with van der Waals surface area (Å²) in [7, 11) is 0. The van der Waals surface area contributed by atoms with Gasteiger partial charge in [-0.2, -0.15) is 0 Å². The van der Waals surface area contributed by atoms with Crippen molar-refractivity contribution in [3.05, 3.63) is 66.0 Å². The predicted octanol–water partition coefficient (Wildman–Crippen LogP) is 4.65. The summed E-state index contributed by atoms with van der Waals surface area (Å²) < 4.78 is 1.96. The number of carbonyl (C=O) groups is 1. The minimum atomic E-state index is -0.0541. The fourth-order valence-electron chi connectivity index (χ4n) is 2.77. The van der Waals surface area contributed by atoms with Gasteiger partial charge in [-0.05, 0) is 49.6 Å². The normalized spacial score (nSPS) is 10.7. The van der Waals surface area contributed by atoms with Crippen LogP contribution in [-0.4, -0.2) is 26.4 Å². The van der Waals surface area contributed by atoms with Crippen LogP contribution >= 0.6 is 11.8 Å². The minimum Gasteiger partial charge on any atom is -0.325 e. The van der Waals surface area contributed by atoms with Gasteiger partial charge in [0.05, 0.1) is 5.75 Å². The monoisotopic (exact) mass is 380 g/mol. The number of nitrogens with one attached hydrogen (secondary N) is 1. The zero-order chi connectivity index (χ0) is 19.1. The number of rotatable bonds is 8. The molecular weight excluding hydrogens is 356 g/mol. The Morgan fingerprint density at radius 3 is 2.52 bits per heavy atom. The van der Waals surface area contributed by atoms with E-state index < -0.39 is 0 Å². The highest BCUT2D eigenvalue weighted by Crippen LogP contribution is 2.22. The molecule has 0 saturated carbocycles. The quantitative estimate of drug-likeness (QED) is 0.578. The molecule has 5 nitrogen and oxygen atoms in total. The van der Waals surface area contributed by atoms with Gasteiger partial charge in [-0.25, -0.2) is 0 Å². The van der Waals surface area contributed by atoms with E-state index in [0.717, 1.165) is 23.6 Å². The van der Waals surface area contributed by atoms with E-state index in [9.17, 15) is 4.79 Å². The van der Waals surface area contributed by atoms with Crippen LogP contribution in [-0.2, 0) is 11.2 Å². The smallest absolute Gasteiger partial charge is 0.234 e. The molecule has 3 aromatic rings. The van der Waals surface area contributed by atoms with Crippen LogP contribution in [0.2, 0.25) is 0 Å². The van der Waals surface area contributed by atoms with E-state index in [2.05, 4.69) is 34.6 Å². The van der Waals surface area contributed by atoms with Crippen molar-refractivity contribution in [2.45, 2.75) is 38.3 Å². The largest absolute Gasteiger partial charge is 0.325 e. The lowest BCUT2D eigenvalue weighted by Gasteiger charge is -2.09. The molecule has 0 bridgehead atoms. The maximum atomic E-state index is 12.3. The molecule has 140 valence electrons. The summed E-state index contributed by atoms with van der Waals surface area (Å²) in [5.74, 6) is 1.02. The third-order valence-corrected chi connectivity index (χ3v) is 5.13. The van der Waals surface area contributed by atoms with Crippen LogP contribution in [0.3, 0.4) is 0 Å². The summed E-state index contributed by atoms with van der Waals surface area (Å²) >= 11 is 1.38. The summed E-state index contributed by atoms with van der Waals surface area (Å²) in [5.41, 5.74) is 3.11. The van der Waals surface area contributed by atoms with Crippen LogP contribution in [0.5, 0.6) is 0 Å². The Morgan fingerprint density at radius 2 is 1.81 bits per heavy atom. The number of thioether (sulfide) groups is 1. The number of unbranched alkanes of at least 4 members (excludes halogenated alkanes) is 1. The van der Waals surface area contributed by atoms with Crippen molar-refractivity contribution in [2.75, 3.05) is 11.1 Å². The third kappa shape index (κ3) is 5.20. The van der Waals surface area contributed by atoms with Gasteiger partial charge < -0.3 is 5.32 Å². The number of benzene rings is 2. The Labute approximate surface area is 164 Å². The Bertz CT molecular complexity index is 875. The van der Waals surface area contributed by atoms with E-state index in [-0.39, 0.29) is 11.7 Å². The Morgan fingerprint density at radius 1 is 1.07 bits per heavy atom. The summed E-state index contributed by atoms with van der Waals surface area (Å²) in [6.45, 7) is 4.09. The van der Waals surface area contributed by atoms with Gasteiger partial charge in [-0.15, -0.1) is 10.2 Å². The maximum Gasteiger partial charge on any atom is 0.234 e. The van der Waals surface area contributed by atoms with Gasteiger partial charge in [0, 0.05) is 11.4 Å². The number of aryl methyl sites for hydroxylation is 2. The zero-order valence-corrected chi connectivity index (χ0v) is 16.5. The first kappa shape index (κ1) is 19.2. The highest BCUT2D eigenvalue weighted by molar-refractivity contribution is 7.99. The van der Waals surface area contributed by atoms with Gasteiger partial charge in [0.15, 0.2) is 5.16 Å². The van der Waals surface area contributed by atoms with Crippen molar-refractivity contribution >= 4 is 23.4 Å². The van der Waals surface area contributed by atoms with Crippen LogP contribution in [0.25, 0.3) is 5.69 Å². The molecule has 2 aromatic carbocycles. The molecule has 1 N–H and O–H groups in total. The third-order valence-electron chi connectivity index (χ3n) is 4.20. The van der Waals surface area contributed by atoms with Gasteiger partial charge in [0.1, 0.15) is 5.82 Å². The lowest BCUT2D eigenvalue weighted by atomic mass is 10.1. The van der Waals surface area contributed by atoms with Gasteiger partial charge in [0.2, 0.25) is 5.91 Å². The molecule has 1 aromatic heterocycles. The van der Waals surface area contributed by atoms with Gasteiger partial charge >= 0.3 is 0 Å². The molecule has 0 radical (unpaired) electrons. The molecule has 0 unspecified atom stereocenters. The molecule has 6 heteroatoms. The van der Waals surface area contributed by atoms with Crippen molar-refractivity contribution in [1.29, 1.82) is 0 Å². The van der Waals surface area contributed by atoms with Crippen LogP contribution in [0, 0.1) is 6.92 Å². The second-order valence-electron chi connectivity index (χ2n) is 6.34. The molecule has 0 spiro atoms. The number of hydrogen-bond acceptors (Lipinski definition) is 4. The van der Waals surface area contributed by atoms with Crippen molar-refractivity contribution in [1.82, 2.24) is 14.8 Å². The fourth-order valence-corrected chi connectivity index (χ4v) is 3.57. The van der Waals surface area contributed by atoms with Crippen molar-refractivity contribution in [2.24, 2.45) is 0 Å². The lowest BCUT2D eigenvalue weighted by molar-refractivity contribution is -0.113. The molecule has 0 aliphatic heterocycles. The van der Waals surface area contributed by atoms with Gasteiger partial charge in [0.25, 0.3) is 0 Å². The summed E-state index contributed by atoms with van der Waals surface area (Å²) in [5, 5.41) is 12.0. The van der Waals surface area contributed by atoms with Crippen LogP contribution in [0.4, 0.5) is 5.69 Å². The van der Waals surface area contributed by atoms with E-state index in [1.54, 1.807) is 0 Å². The van der Waals surface area contributed by atoms with E-state index in [4.69, 9.17) is 0 Å². The van der Waals surface area contributed by atoms with Crippen molar-refractivity contribution in [3.63, 3.8) is 0 Å². The molecular formula is C21H24N4OS. The fraction of sp³-hybridized carbons (Fsp3) is 0.286. The SMILES string of the molecule is CCCCc1ccc(NC(=O)CSc2nnc(C)n2-c2ccccc2)cc1. The number of carbonyl (C=O) groups excluding carboxylic acids is 1. The number of anilines is 1. The lowest BCUT2D eigenvalue weighted by Crippen LogP contribution is -2.14. The highest BCUT2D eigenvalue weighted by Gasteiger charge is 2.13. The first-order chi connectivity index (χ1) is 13.2. The van der Waals surface area contributed by atoms with Crippen molar-refractivity contribution in [3.8, 4) is 5.69 Å². The van der Waals surface area contributed by atoms with Gasteiger partial charge in [-0.3, -0.25) is 9.36 Å². The topological polar surface area (TPSA) is 59.8 Å². The molecule has 27 heavy (non-hydrogen) atoms. The number of amides is 1. The van der Waals surface area contributed by atoms with E-state index in [1.807, 2.05) is 54.0 Å². The number of hydrogen-bond donors (Lipinski definition) is 1. The summed E-state index contributed by atoms with van der Waals surface area (Å²) in [6, 6.07) is 18.0. The molecule has 0 aliphatic carbocycles. The average molecular weight is 381 g/mol. The van der Waals surface area contributed by atoms with Crippen molar-refractivity contribution < 1.29 is 4.79 Å². The first-order valence-electron chi connectivity index (χ1n) is 9.16. The highest BCUT2D eigenvalue weighted by atomic mass is 32.2. The maximum absolute atomic E-state index is 12.3. The summed E-state index contributed by atoms with van der Waals surface area (Å²) in [4.78, 5) is 12.3. The van der Waals surface area contributed by atoms with E-state index >= 15 is 0 Å². The number of para-hydroxylation sites is 1. The van der Waals surface area contributed by atoms with Crippen LogP contribution in [0.15, 0.2) is 59.8 Å². The zero-order valence-electron chi connectivity index (χ0n) is 15.7.